The van der Waals surface area contributed by atoms with Gasteiger partial charge in [-0.05, 0) is 54.8 Å². The lowest BCUT2D eigenvalue weighted by Crippen LogP contribution is -2.52. The fourth-order valence-electron chi connectivity index (χ4n) is 4.06. The van der Waals surface area contributed by atoms with Crippen LogP contribution in [0.25, 0.3) is 0 Å². The number of methoxy groups -OCH3 is 1. The Kier molecular flexibility index (Phi) is 10.3. The number of benzene rings is 3. The first kappa shape index (κ1) is 28.7. The zero-order valence-electron chi connectivity index (χ0n) is 22.0. The first-order chi connectivity index (χ1) is 18.3. The largest absolute Gasteiger partial charge is 0.497 e. The van der Waals surface area contributed by atoms with E-state index in [2.05, 4.69) is 5.32 Å². The van der Waals surface area contributed by atoms with E-state index in [1.54, 1.807) is 67.8 Å². The number of nitrogens with one attached hydrogen (secondary N) is 1. The second-order valence-electron chi connectivity index (χ2n) is 8.75. The van der Waals surface area contributed by atoms with E-state index in [-0.39, 0.29) is 17.3 Å². The van der Waals surface area contributed by atoms with Crippen LogP contribution in [0.2, 0.25) is 0 Å². The lowest BCUT2D eigenvalue weighted by Gasteiger charge is -2.33. The molecule has 1 atom stereocenters. The van der Waals surface area contributed by atoms with Crippen LogP contribution in [0.1, 0.15) is 32.3 Å². The van der Waals surface area contributed by atoms with Crippen molar-refractivity contribution in [3.8, 4) is 5.75 Å². The maximum absolute atomic E-state index is 13.9. The zero-order chi connectivity index (χ0) is 27.5. The van der Waals surface area contributed by atoms with Crippen molar-refractivity contribution in [1.82, 2.24) is 10.2 Å². The standard InChI is InChI=1S/C29H35N3O5S/c1-4-20-30-29(34)27(5-2)31(21-23-16-18-25(37-3)19-17-23)28(33)22-32(24-12-8-6-9-13-24)38(35,36)26-14-10-7-11-15-26/h6-19,27H,4-5,20-22H2,1-3H3,(H,30,34)/t27-/m1/s1. The molecule has 0 spiro atoms. The van der Waals surface area contributed by atoms with Gasteiger partial charge in [0.05, 0.1) is 17.7 Å². The lowest BCUT2D eigenvalue weighted by molar-refractivity contribution is -0.140. The molecule has 3 aromatic rings. The summed E-state index contributed by atoms with van der Waals surface area (Å²) in [4.78, 5) is 28.5. The van der Waals surface area contributed by atoms with Gasteiger partial charge in [-0.1, -0.05) is 62.4 Å². The predicted octanol–water partition coefficient (Wildman–Crippen LogP) is 4.22. The molecule has 8 nitrogen and oxygen atoms in total. The van der Waals surface area contributed by atoms with Gasteiger partial charge in [-0.3, -0.25) is 13.9 Å². The fourth-order valence-corrected chi connectivity index (χ4v) is 5.49. The number of nitrogens with zero attached hydrogens (tertiary/aromatic N) is 2. The smallest absolute Gasteiger partial charge is 0.264 e. The number of amides is 2. The number of anilines is 1. The summed E-state index contributed by atoms with van der Waals surface area (Å²) in [6, 6.07) is 23.0. The summed E-state index contributed by atoms with van der Waals surface area (Å²) in [5, 5.41) is 2.88. The molecular formula is C29H35N3O5S. The van der Waals surface area contributed by atoms with Gasteiger partial charge in [-0.15, -0.1) is 0 Å². The molecule has 0 saturated carbocycles. The normalized spacial score (nSPS) is 11.9. The molecule has 0 fully saturated rings. The third kappa shape index (κ3) is 7.13. The van der Waals surface area contributed by atoms with E-state index in [0.29, 0.717) is 24.4 Å². The summed E-state index contributed by atoms with van der Waals surface area (Å²) in [7, 11) is -2.49. The topological polar surface area (TPSA) is 96.0 Å². The first-order valence-corrected chi connectivity index (χ1v) is 14.1. The quantitative estimate of drug-likeness (QED) is 0.352. The van der Waals surface area contributed by atoms with Gasteiger partial charge in [0.15, 0.2) is 0 Å². The molecule has 0 aliphatic carbocycles. The summed E-state index contributed by atoms with van der Waals surface area (Å²) in [6.07, 6.45) is 1.12. The average Bonchev–Trinajstić information content (AvgIpc) is 2.95. The van der Waals surface area contributed by atoms with Crippen LogP contribution in [-0.4, -0.2) is 51.4 Å². The number of hydrogen-bond acceptors (Lipinski definition) is 5. The molecule has 0 unspecified atom stereocenters. The average molecular weight is 538 g/mol. The minimum absolute atomic E-state index is 0.0751. The zero-order valence-corrected chi connectivity index (χ0v) is 22.9. The van der Waals surface area contributed by atoms with Gasteiger partial charge in [0.2, 0.25) is 11.8 Å². The van der Waals surface area contributed by atoms with E-state index < -0.39 is 28.5 Å². The Morgan fingerprint density at radius 1 is 0.895 bits per heavy atom. The number of rotatable bonds is 13. The monoisotopic (exact) mass is 537 g/mol. The van der Waals surface area contributed by atoms with Crippen LogP contribution in [0.5, 0.6) is 5.75 Å². The molecular weight excluding hydrogens is 502 g/mol. The van der Waals surface area contributed by atoms with Crippen LogP contribution in [-0.2, 0) is 26.2 Å². The molecule has 0 bridgehead atoms. The minimum Gasteiger partial charge on any atom is -0.497 e. The molecule has 202 valence electrons. The molecule has 3 aromatic carbocycles. The van der Waals surface area contributed by atoms with Crippen molar-refractivity contribution >= 4 is 27.5 Å². The van der Waals surface area contributed by atoms with E-state index >= 15 is 0 Å². The molecule has 1 N–H and O–H groups in total. The van der Waals surface area contributed by atoms with Crippen LogP contribution in [0, 0.1) is 0 Å². The maximum Gasteiger partial charge on any atom is 0.264 e. The number of ether oxygens (including phenoxy) is 1. The van der Waals surface area contributed by atoms with E-state index in [4.69, 9.17) is 4.74 Å². The highest BCUT2D eigenvalue weighted by Crippen LogP contribution is 2.24. The van der Waals surface area contributed by atoms with Gasteiger partial charge in [-0.25, -0.2) is 8.42 Å². The summed E-state index contributed by atoms with van der Waals surface area (Å²) < 4.78 is 33.7. The fraction of sp³-hybridized carbons (Fsp3) is 0.310. The summed E-state index contributed by atoms with van der Waals surface area (Å²) in [6.45, 7) is 3.94. The number of sulfonamides is 1. The number of para-hydroxylation sites is 1. The van der Waals surface area contributed by atoms with Crippen molar-refractivity contribution in [3.05, 3.63) is 90.5 Å². The van der Waals surface area contributed by atoms with E-state index in [1.807, 2.05) is 26.0 Å². The van der Waals surface area contributed by atoms with E-state index in [9.17, 15) is 18.0 Å². The van der Waals surface area contributed by atoms with Crippen LogP contribution in [0.3, 0.4) is 0 Å². The molecule has 38 heavy (non-hydrogen) atoms. The minimum atomic E-state index is -4.06. The van der Waals surface area contributed by atoms with Gasteiger partial charge in [0.25, 0.3) is 10.0 Å². The lowest BCUT2D eigenvalue weighted by atomic mass is 10.1. The molecule has 0 aliphatic heterocycles. The SMILES string of the molecule is CCCNC(=O)[C@@H](CC)N(Cc1ccc(OC)cc1)C(=O)CN(c1ccccc1)S(=O)(=O)c1ccccc1. The maximum atomic E-state index is 13.9. The summed E-state index contributed by atoms with van der Waals surface area (Å²) >= 11 is 0. The van der Waals surface area contributed by atoms with Crippen molar-refractivity contribution < 1.29 is 22.7 Å². The van der Waals surface area contributed by atoms with Crippen LogP contribution in [0.15, 0.2) is 89.8 Å². The predicted molar refractivity (Wildman–Crippen MR) is 148 cm³/mol. The van der Waals surface area contributed by atoms with Gasteiger partial charge in [0, 0.05) is 13.1 Å². The summed E-state index contributed by atoms with van der Waals surface area (Å²) in [5.74, 6) is -0.0837. The highest BCUT2D eigenvalue weighted by atomic mass is 32.2. The third-order valence-electron chi connectivity index (χ3n) is 6.10. The van der Waals surface area contributed by atoms with Crippen molar-refractivity contribution in [2.45, 2.75) is 44.2 Å². The van der Waals surface area contributed by atoms with Crippen LogP contribution < -0.4 is 14.4 Å². The van der Waals surface area contributed by atoms with Crippen molar-refractivity contribution in [2.24, 2.45) is 0 Å². The second-order valence-corrected chi connectivity index (χ2v) is 10.6. The highest BCUT2D eigenvalue weighted by molar-refractivity contribution is 7.92. The highest BCUT2D eigenvalue weighted by Gasteiger charge is 2.33. The van der Waals surface area contributed by atoms with Gasteiger partial charge in [-0.2, -0.15) is 0 Å². The molecule has 9 heteroatoms. The first-order valence-electron chi connectivity index (χ1n) is 12.6. The van der Waals surface area contributed by atoms with Gasteiger partial charge in [0.1, 0.15) is 18.3 Å². The van der Waals surface area contributed by atoms with Crippen LogP contribution in [0.4, 0.5) is 5.69 Å². The Hall–Kier alpha value is -3.85. The molecule has 0 aromatic heterocycles. The Labute approximate surface area is 225 Å². The Morgan fingerprint density at radius 3 is 2.05 bits per heavy atom. The van der Waals surface area contributed by atoms with Gasteiger partial charge >= 0.3 is 0 Å². The van der Waals surface area contributed by atoms with E-state index in [0.717, 1.165) is 16.3 Å². The third-order valence-corrected chi connectivity index (χ3v) is 7.89. The number of carbonyl (C=O) groups is 2. The summed E-state index contributed by atoms with van der Waals surface area (Å²) in [5.41, 5.74) is 1.15. The molecule has 0 aliphatic rings. The molecule has 2 amide bonds. The van der Waals surface area contributed by atoms with Crippen molar-refractivity contribution in [1.29, 1.82) is 0 Å². The molecule has 0 radical (unpaired) electrons. The molecule has 3 rings (SSSR count). The second kappa shape index (κ2) is 13.6. The molecule has 0 heterocycles. The van der Waals surface area contributed by atoms with Gasteiger partial charge < -0.3 is 15.0 Å². The van der Waals surface area contributed by atoms with Crippen LogP contribution >= 0.6 is 0 Å². The Balaban J connectivity index is 2.00. The number of hydrogen-bond donors (Lipinski definition) is 1. The Morgan fingerprint density at radius 2 is 1.50 bits per heavy atom. The van der Waals surface area contributed by atoms with E-state index in [1.165, 1.54) is 17.0 Å². The number of carbonyl (C=O) groups excluding carboxylic acids is 2. The molecule has 0 saturated heterocycles. The van der Waals surface area contributed by atoms with Crippen molar-refractivity contribution in [3.63, 3.8) is 0 Å². The Bertz CT molecular complexity index is 1280. The van der Waals surface area contributed by atoms with Crippen molar-refractivity contribution in [2.75, 3.05) is 24.5 Å².